The first-order valence-electron chi connectivity index (χ1n) is 7.19. The number of likely N-dealkylation sites (tertiary alicyclic amines) is 1. The van der Waals surface area contributed by atoms with E-state index in [4.69, 9.17) is 0 Å². The molecule has 2 heteroatoms. The molecule has 0 bridgehead atoms. The van der Waals surface area contributed by atoms with Crippen LogP contribution < -0.4 is 0 Å². The first kappa shape index (κ1) is 11.8. The monoisotopic (exact) mass is 243 g/mol. The Balaban J connectivity index is 1.65. The van der Waals surface area contributed by atoms with E-state index >= 15 is 0 Å². The van der Waals surface area contributed by atoms with Gasteiger partial charge in [-0.25, -0.2) is 0 Å². The standard InChI is InChI=1S/C16H21NO/c18-16(14-8-4-9-14)17-11-5-10-15(17)12-13-6-2-1-3-7-13/h1-3,6-7,14-15H,4-5,8-12H2. The van der Waals surface area contributed by atoms with E-state index in [9.17, 15) is 4.79 Å². The maximum absolute atomic E-state index is 12.4. The molecule has 1 saturated heterocycles. The summed E-state index contributed by atoms with van der Waals surface area (Å²) in [6, 6.07) is 11.0. The minimum atomic E-state index is 0.348. The van der Waals surface area contributed by atoms with Crippen molar-refractivity contribution in [2.24, 2.45) is 5.92 Å². The van der Waals surface area contributed by atoms with Crippen LogP contribution in [0.2, 0.25) is 0 Å². The average molecular weight is 243 g/mol. The lowest BCUT2D eigenvalue weighted by Gasteiger charge is -2.33. The highest BCUT2D eigenvalue weighted by atomic mass is 16.2. The number of carbonyl (C=O) groups is 1. The van der Waals surface area contributed by atoms with Crippen LogP contribution in [0, 0.1) is 5.92 Å². The third-order valence-electron chi connectivity index (χ3n) is 4.43. The number of nitrogens with zero attached hydrogens (tertiary/aromatic N) is 1. The van der Waals surface area contributed by atoms with Gasteiger partial charge >= 0.3 is 0 Å². The molecule has 1 heterocycles. The van der Waals surface area contributed by atoms with Crippen LogP contribution in [-0.4, -0.2) is 23.4 Å². The van der Waals surface area contributed by atoms with Gasteiger partial charge in [-0.05, 0) is 37.7 Å². The summed E-state index contributed by atoms with van der Waals surface area (Å²) < 4.78 is 0. The second kappa shape index (κ2) is 5.13. The van der Waals surface area contributed by atoms with Crippen molar-refractivity contribution in [3.05, 3.63) is 35.9 Å². The number of carbonyl (C=O) groups excluding carboxylic acids is 1. The van der Waals surface area contributed by atoms with Crippen LogP contribution in [0.5, 0.6) is 0 Å². The molecule has 0 spiro atoms. The molecule has 1 atom stereocenters. The summed E-state index contributed by atoms with van der Waals surface area (Å²) in [5.41, 5.74) is 1.36. The normalized spacial score (nSPS) is 24.0. The lowest BCUT2D eigenvalue weighted by Crippen LogP contribution is -2.42. The second-order valence-corrected chi connectivity index (χ2v) is 5.65. The van der Waals surface area contributed by atoms with Gasteiger partial charge in [0.05, 0.1) is 0 Å². The SMILES string of the molecule is O=C(C1CCC1)N1CCCC1Cc1ccccc1. The smallest absolute Gasteiger partial charge is 0.225 e. The zero-order chi connectivity index (χ0) is 12.4. The van der Waals surface area contributed by atoms with Gasteiger partial charge in [-0.1, -0.05) is 36.8 Å². The minimum absolute atomic E-state index is 0.348. The molecule has 1 aromatic carbocycles. The van der Waals surface area contributed by atoms with Crippen molar-refractivity contribution >= 4 is 5.91 Å². The summed E-state index contributed by atoms with van der Waals surface area (Å²) in [4.78, 5) is 14.5. The Morgan fingerprint density at radius 3 is 2.56 bits per heavy atom. The van der Waals surface area contributed by atoms with E-state index in [1.54, 1.807) is 0 Å². The number of rotatable bonds is 3. The largest absolute Gasteiger partial charge is 0.339 e. The Morgan fingerprint density at radius 1 is 1.11 bits per heavy atom. The Bertz CT molecular complexity index is 410. The summed E-state index contributed by atoms with van der Waals surface area (Å²) in [5, 5.41) is 0. The second-order valence-electron chi connectivity index (χ2n) is 5.65. The van der Waals surface area contributed by atoms with Gasteiger partial charge in [0.2, 0.25) is 5.91 Å². The maximum atomic E-state index is 12.4. The Morgan fingerprint density at radius 2 is 1.89 bits per heavy atom. The van der Waals surface area contributed by atoms with Crippen LogP contribution in [0.4, 0.5) is 0 Å². The van der Waals surface area contributed by atoms with Gasteiger partial charge in [0.15, 0.2) is 0 Å². The molecule has 2 nitrogen and oxygen atoms in total. The number of amides is 1. The van der Waals surface area contributed by atoms with E-state index < -0.39 is 0 Å². The molecule has 18 heavy (non-hydrogen) atoms. The number of hydrogen-bond acceptors (Lipinski definition) is 1. The summed E-state index contributed by atoms with van der Waals surface area (Å²) in [6.07, 6.45) is 6.86. The average Bonchev–Trinajstić information content (AvgIpc) is 2.76. The zero-order valence-corrected chi connectivity index (χ0v) is 10.8. The van der Waals surface area contributed by atoms with Crippen LogP contribution in [0.15, 0.2) is 30.3 Å². The van der Waals surface area contributed by atoms with Gasteiger partial charge in [0.25, 0.3) is 0 Å². The molecular formula is C16H21NO. The molecule has 1 aromatic rings. The van der Waals surface area contributed by atoms with Crippen molar-refractivity contribution in [2.75, 3.05) is 6.54 Å². The summed E-state index contributed by atoms with van der Waals surface area (Å²) in [7, 11) is 0. The van der Waals surface area contributed by atoms with Crippen molar-refractivity contribution in [1.82, 2.24) is 4.90 Å². The van der Waals surface area contributed by atoms with Crippen LogP contribution >= 0.6 is 0 Å². The predicted octanol–water partition coefficient (Wildman–Crippen LogP) is 3.02. The van der Waals surface area contributed by atoms with Crippen LogP contribution in [0.3, 0.4) is 0 Å². The van der Waals surface area contributed by atoms with Gasteiger partial charge in [-0.2, -0.15) is 0 Å². The molecule has 1 aliphatic heterocycles. The summed E-state index contributed by atoms with van der Waals surface area (Å²) in [5.74, 6) is 0.779. The third kappa shape index (κ3) is 2.29. The quantitative estimate of drug-likeness (QED) is 0.799. The molecule has 1 unspecified atom stereocenters. The first-order chi connectivity index (χ1) is 8.84. The number of benzene rings is 1. The van der Waals surface area contributed by atoms with Crippen LogP contribution in [0.1, 0.15) is 37.7 Å². The van der Waals surface area contributed by atoms with E-state index in [-0.39, 0.29) is 0 Å². The van der Waals surface area contributed by atoms with Gasteiger partial charge in [0, 0.05) is 18.5 Å². The minimum Gasteiger partial charge on any atom is -0.339 e. The molecule has 96 valence electrons. The topological polar surface area (TPSA) is 20.3 Å². The highest BCUT2D eigenvalue weighted by Crippen LogP contribution is 2.31. The Hall–Kier alpha value is -1.31. The van der Waals surface area contributed by atoms with Crippen molar-refractivity contribution in [3.8, 4) is 0 Å². The molecule has 0 N–H and O–H groups in total. The van der Waals surface area contributed by atoms with Crippen LogP contribution in [-0.2, 0) is 11.2 Å². The first-order valence-corrected chi connectivity index (χ1v) is 7.19. The lowest BCUT2D eigenvalue weighted by molar-refractivity contribution is -0.138. The fourth-order valence-electron chi connectivity index (χ4n) is 3.11. The van der Waals surface area contributed by atoms with Gasteiger partial charge in [0.1, 0.15) is 0 Å². The molecule has 2 fully saturated rings. The molecule has 1 aliphatic carbocycles. The van der Waals surface area contributed by atoms with E-state index in [1.165, 1.54) is 24.8 Å². The molecule has 1 amide bonds. The molecular weight excluding hydrogens is 222 g/mol. The third-order valence-corrected chi connectivity index (χ3v) is 4.43. The number of hydrogen-bond donors (Lipinski definition) is 0. The molecule has 1 saturated carbocycles. The van der Waals surface area contributed by atoms with Gasteiger partial charge in [-0.3, -0.25) is 4.79 Å². The summed E-state index contributed by atoms with van der Waals surface area (Å²) >= 11 is 0. The summed E-state index contributed by atoms with van der Waals surface area (Å²) in [6.45, 7) is 0.979. The fourth-order valence-corrected chi connectivity index (χ4v) is 3.11. The van der Waals surface area contributed by atoms with E-state index in [2.05, 4.69) is 35.2 Å². The Labute approximate surface area is 109 Å². The van der Waals surface area contributed by atoms with Crippen LogP contribution in [0.25, 0.3) is 0 Å². The predicted molar refractivity (Wildman–Crippen MR) is 72.2 cm³/mol. The molecule has 0 aromatic heterocycles. The van der Waals surface area contributed by atoms with E-state index in [0.717, 1.165) is 25.8 Å². The fraction of sp³-hybridized carbons (Fsp3) is 0.562. The molecule has 2 aliphatic rings. The van der Waals surface area contributed by atoms with Crippen molar-refractivity contribution in [2.45, 2.75) is 44.6 Å². The Kier molecular flexibility index (Phi) is 3.35. The van der Waals surface area contributed by atoms with Gasteiger partial charge < -0.3 is 4.90 Å². The van der Waals surface area contributed by atoms with Crippen molar-refractivity contribution in [3.63, 3.8) is 0 Å². The van der Waals surface area contributed by atoms with Crippen molar-refractivity contribution < 1.29 is 4.79 Å². The zero-order valence-electron chi connectivity index (χ0n) is 10.8. The molecule has 0 radical (unpaired) electrons. The van der Waals surface area contributed by atoms with Crippen molar-refractivity contribution in [1.29, 1.82) is 0 Å². The van der Waals surface area contributed by atoms with Gasteiger partial charge in [-0.15, -0.1) is 0 Å². The maximum Gasteiger partial charge on any atom is 0.225 e. The molecule has 3 rings (SSSR count). The van der Waals surface area contributed by atoms with E-state index in [0.29, 0.717) is 17.9 Å². The lowest BCUT2D eigenvalue weighted by atomic mass is 9.84. The highest BCUT2D eigenvalue weighted by Gasteiger charge is 2.35. The van der Waals surface area contributed by atoms with E-state index in [1.807, 2.05) is 0 Å². The highest BCUT2D eigenvalue weighted by molar-refractivity contribution is 5.80.